The van der Waals surface area contributed by atoms with Gasteiger partial charge in [-0.2, -0.15) is 0 Å². The molecule has 0 aliphatic carbocycles. The molecule has 22 heavy (non-hydrogen) atoms. The topological polar surface area (TPSA) is 71.1 Å². The summed E-state index contributed by atoms with van der Waals surface area (Å²) < 4.78 is 0. The molecule has 0 bridgehead atoms. The van der Waals surface area contributed by atoms with Crippen molar-refractivity contribution < 1.29 is 9.59 Å². The SMILES string of the molecule is CCc1csc(CNC(=O)C[C@@H]2NC(=O)c3ccccc32)n1. The van der Waals surface area contributed by atoms with E-state index in [0.29, 0.717) is 12.1 Å². The highest BCUT2D eigenvalue weighted by Crippen LogP contribution is 2.27. The first-order valence-electron chi connectivity index (χ1n) is 7.27. The summed E-state index contributed by atoms with van der Waals surface area (Å²) in [4.78, 5) is 28.3. The Bertz CT molecular complexity index is 711. The number of aromatic nitrogens is 1. The summed E-state index contributed by atoms with van der Waals surface area (Å²) in [6.07, 6.45) is 1.14. The van der Waals surface area contributed by atoms with Crippen LogP contribution in [0.3, 0.4) is 0 Å². The number of rotatable bonds is 5. The van der Waals surface area contributed by atoms with Crippen molar-refractivity contribution >= 4 is 23.2 Å². The van der Waals surface area contributed by atoms with Crippen molar-refractivity contribution in [3.63, 3.8) is 0 Å². The molecule has 3 rings (SSSR count). The molecule has 0 saturated carbocycles. The van der Waals surface area contributed by atoms with Crippen LogP contribution in [-0.4, -0.2) is 16.8 Å². The van der Waals surface area contributed by atoms with Gasteiger partial charge in [0.2, 0.25) is 5.91 Å². The Labute approximate surface area is 132 Å². The van der Waals surface area contributed by atoms with Gasteiger partial charge in [-0.15, -0.1) is 11.3 Å². The number of nitrogens with one attached hydrogen (secondary N) is 2. The zero-order chi connectivity index (χ0) is 15.5. The molecule has 1 atom stereocenters. The van der Waals surface area contributed by atoms with Crippen LogP contribution in [0.25, 0.3) is 0 Å². The van der Waals surface area contributed by atoms with Gasteiger partial charge in [0.05, 0.1) is 24.7 Å². The van der Waals surface area contributed by atoms with Crippen LogP contribution in [0.1, 0.15) is 46.0 Å². The van der Waals surface area contributed by atoms with Crippen LogP contribution < -0.4 is 10.6 Å². The molecule has 2 aromatic rings. The van der Waals surface area contributed by atoms with Crippen molar-refractivity contribution in [3.05, 3.63) is 51.5 Å². The average Bonchev–Trinajstić information content (AvgIpc) is 3.11. The highest BCUT2D eigenvalue weighted by Gasteiger charge is 2.29. The lowest BCUT2D eigenvalue weighted by Crippen LogP contribution is -2.28. The molecular weight excluding hydrogens is 298 g/mol. The van der Waals surface area contributed by atoms with Gasteiger partial charge >= 0.3 is 0 Å². The fourth-order valence-electron chi connectivity index (χ4n) is 2.51. The third-order valence-electron chi connectivity index (χ3n) is 3.67. The van der Waals surface area contributed by atoms with Gasteiger partial charge in [-0.3, -0.25) is 9.59 Å². The average molecular weight is 315 g/mol. The standard InChI is InChI=1S/C16H17N3O2S/c1-2-10-9-22-15(18-10)8-17-14(20)7-13-11-5-3-4-6-12(11)16(21)19-13/h3-6,9,13H,2,7-8H2,1H3,(H,17,20)(H,19,21)/t13-/m0/s1. The van der Waals surface area contributed by atoms with E-state index in [1.165, 1.54) is 0 Å². The molecule has 2 amide bonds. The number of hydrogen-bond donors (Lipinski definition) is 2. The first-order chi connectivity index (χ1) is 10.7. The van der Waals surface area contributed by atoms with E-state index in [1.54, 1.807) is 17.4 Å². The number of aryl methyl sites for hydroxylation is 1. The van der Waals surface area contributed by atoms with Crippen LogP contribution in [0.15, 0.2) is 29.6 Å². The molecule has 1 aromatic heterocycles. The summed E-state index contributed by atoms with van der Waals surface area (Å²) in [5.74, 6) is -0.198. The lowest BCUT2D eigenvalue weighted by molar-refractivity contribution is -0.121. The first-order valence-corrected chi connectivity index (χ1v) is 8.15. The Morgan fingerprint density at radius 3 is 3.00 bits per heavy atom. The second kappa shape index (κ2) is 6.27. The number of amides is 2. The van der Waals surface area contributed by atoms with E-state index in [-0.39, 0.29) is 24.3 Å². The van der Waals surface area contributed by atoms with Crippen molar-refractivity contribution in [1.29, 1.82) is 0 Å². The molecule has 2 N–H and O–H groups in total. The largest absolute Gasteiger partial charge is 0.350 e. The molecule has 2 heterocycles. The monoisotopic (exact) mass is 315 g/mol. The van der Waals surface area contributed by atoms with Gasteiger partial charge in [0.25, 0.3) is 5.91 Å². The van der Waals surface area contributed by atoms with E-state index in [0.717, 1.165) is 22.7 Å². The molecule has 5 nitrogen and oxygen atoms in total. The molecule has 6 heteroatoms. The Morgan fingerprint density at radius 1 is 1.41 bits per heavy atom. The van der Waals surface area contributed by atoms with Crippen molar-refractivity contribution in [1.82, 2.24) is 15.6 Å². The molecule has 1 aromatic carbocycles. The Kier molecular flexibility index (Phi) is 4.20. The van der Waals surface area contributed by atoms with Gasteiger partial charge in [0, 0.05) is 10.9 Å². The van der Waals surface area contributed by atoms with Crippen molar-refractivity contribution in [2.45, 2.75) is 32.4 Å². The van der Waals surface area contributed by atoms with E-state index < -0.39 is 0 Å². The van der Waals surface area contributed by atoms with Gasteiger partial charge in [0.1, 0.15) is 5.01 Å². The zero-order valence-corrected chi connectivity index (χ0v) is 13.1. The van der Waals surface area contributed by atoms with Crippen molar-refractivity contribution in [2.24, 2.45) is 0 Å². The summed E-state index contributed by atoms with van der Waals surface area (Å²) >= 11 is 1.55. The van der Waals surface area contributed by atoms with Gasteiger partial charge in [-0.25, -0.2) is 4.98 Å². The number of carbonyl (C=O) groups is 2. The highest BCUT2D eigenvalue weighted by molar-refractivity contribution is 7.09. The maximum atomic E-state index is 12.1. The van der Waals surface area contributed by atoms with Crippen LogP contribution >= 0.6 is 11.3 Å². The molecule has 114 valence electrons. The Morgan fingerprint density at radius 2 is 2.23 bits per heavy atom. The molecule has 0 unspecified atom stereocenters. The lowest BCUT2D eigenvalue weighted by atomic mass is 10.0. The number of nitrogens with zero attached hydrogens (tertiary/aromatic N) is 1. The minimum atomic E-state index is -0.244. The molecule has 1 aliphatic rings. The smallest absolute Gasteiger partial charge is 0.252 e. The number of thiazole rings is 1. The number of fused-ring (bicyclic) bond motifs is 1. The van der Waals surface area contributed by atoms with Gasteiger partial charge in [-0.1, -0.05) is 25.1 Å². The van der Waals surface area contributed by atoms with Gasteiger partial charge < -0.3 is 10.6 Å². The summed E-state index contributed by atoms with van der Waals surface area (Å²) in [5, 5.41) is 8.63. The number of carbonyl (C=O) groups excluding carboxylic acids is 2. The Balaban J connectivity index is 1.57. The van der Waals surface area contributed by atoms with Crippen LogP contribution in [0.4, 0.5) is 0 Å². The van der Waals surface area contributed by atoms with E-state index in [2.05, 4.69) is 22.5 Å². The second-order valence-electron chi connectivity index (χ2n) is 5.18. The number of hydrogen-bond acceptors (Lipinski definition) is 4. The molecule has 0 fully saturated rings. The summed E-state index contributed by atoms with van der Waals surface area (Å²) in [6, 6.07) is 7.14. The van der Waals surface area contributed by atoms with Crippen LogP contribution in [0.2, 0.25) is 0 Å². The van der Waals surface area contributed by atoms with E-state index >= 15 is 0 Å². The summed E-state index contributed by atoms with van der Waals surface area (Å²) in [6.45, 7) is 2.49. The third-order valence-corrected chi connectivity index (χ3v) is 4.57. The predicted octanol–water partition coefficient (Wildman–Crippen LogP) is 2.20. The van der Waals surface area contributed by atoms with Crippen LogP contribution in [0.5, 0.6) is 0 Å². The highest BCUT2D eigenvalue weighted by atomic mass is 32.1. The summed E-state index contributed by atoms with van der Waals surface area (Å²) in [7, 11) is 0. The predicted molar refractivity (Wildman–Crippen MR) is 84.6 cm³/mol. The molecule has 0 saturated heterocycles. The van der Waals surface area contributed by atoms with E-state index in [4.69, 9.17) is 0 Å². The zero-order valence-electron chi connectivity index (χ0n) is 12.3. The van der Waals surface area contributed by atoms with Crippen molar-refractivity contribution in [2.75, 3.05) is 0 Å². The van der Waals surface area contributed by atoms with Crippen LogP contribution in [-0.2, 0) is 17.8 Å². The van der Waals surface area contributed by atoms with E-state index in [9.17, 15) is 9.59 Å². The maximum Gasteiger partial charge on any atom is 0.252 e. The quantitative estimate of drug-likeness (QED) is 0.888. The molecular formula is C16H17N3O2S. The lowest BCUT2D eigenvalue weighted by Gasteiger charge is -2.11. The number of benzene rings is 1. The Hall–Kier alpha value is -2.21. The maximum absolute atomic E-state index is 12.1. The van der Waals surface area contributed by atoms with Crippen LogP contribution in [0, 0.1) is 0 Å². The minimum absolute atomic E-state index is 0.0877. The normalized spacial score (nSPS) is 16.2. The fraction of sp³-hybridized carbons (Fsp3) is 0.312. The molecule has 0 spiro atoms. The third kappa shape index (κ3) is 3.01. The van der Waals surface area contributed by atoms with Crippen molar-refractivity contribution in [3.8, 4) is 0 Å². The van der Waals surface area contributed by atoms with E-state index in [1.807, 2.05) is 23.6 Å². The molecule has 1 aliphatic heterocycles. The fourth-order valence-corrected chi connectivity index (χ4v) is 3.32. The molecule has 0 radical (unpaired) electrons. The summed E-state index contributed by atoms with van der Waals surface area (Å²) in [5.41, 5.74) is 2.60. The second-order valence-corrected chi connectivity index (χ2v) is 6.12. The minimum Gasteiger partial charge on any atom is -0.350 e. The van der Waals surface area contributed by atoms with Gasteiger partial charge in [0.15, 0.2) is 0 Å². The first kappa shape index (κ1) is 14.7. The van der Waals surface area contributed by atoms with Gasteiger partial charge in [-0.05, 0) is 18.1 Å².